The molecular weight excluding hydrogens is 142 g/mol. The molecule has 0 spiro atoms. The lowest BCUT2D eigenvalue weighted by molar-refractivity contribution is 0.145. The highest BCUT2D eigenvalue weighted by Crippen LogP contribution is 2.12. The quantitative estimate of drug-likeness (QED) is 0.621. The molecule has 4 nitrogen and oxygen atoms in total. The van der Waals surface area contributed by atoms with Crippen LogP contribution in [0.1, 0.15) is 18.7 Å². The summed E-state index contributed by atoms with van der Waals surface area (Å²) in [5, 5.41) is 9.48. The van der Waals surface area contributed by atoms with Gasteiger partial charge < -0.3 is 15.4 Å². The molecule has 0 radical (unpaired) electrons. The molecule has 1 aromatic rings. The molecular formula is C7H13N3O. The van der Waals surface area contributed by atoms with Crippen molar-refractivity contribution >= 4 is 0 Å². The van der Waals surface area contributed by atoms with Crippen LogP contribution in [0, 0.1) is 0 Å². The molecule has 0 saturated heterocycles. The van der Waals surface area contributed by atoms with Gasteiger partial charge in [0.15, 0.2) is 0 Å². The van der Waals surface area contributed by atoms with Crippen molar-refractivity contribution in [2.45, 2.75) is 19.1 Å². The molecule has 0 saturated carbocycles. The van der Waals surface area contributed by atoms with Crippen LogP contribution in [0.3, 0.4) is 0 Å². The number of imidazole rings is 1. The summed E-state index contributed by atoms with van der Waals surface area (Å²) in [5.74, 6) is 0. The van der Waals surface area contributed by atoms with E-state index in [9.17, 15) is 5.11 Å². The van der Waals surface area contributed by atoms with Crippen molar-refractivity contribution in [1.82, 2.24) is 9.55 Å². The first kappa shape index (κ1) is 8.23. The van der Waals surface area contributed by atoms with Gasteiger partial charge in [-0.3, -0.25) is 0 Å². The lowest BCUT2D eigenvalue weighted by Crippen LogP contribution is -2.25. The van der Waals surface area contributed by atoms with Crippen LogP contribution in [0.4, 0.5) is 0 Å². The fourth-order valence-electron chi connectivity index (χ4n) is 0.922. The summed E-state index contributed by atoms with van der Waals surface area (Å²) in [4.78, 5) is 3.87. The Hall–Kier alpha value is -0.870. The third-order valence-corrected chi connectivity index (χ3v) is 1.66. The van der Waals surface area contributed by atoms with Crippen molar-refractivity contribution in [3.63, 3.8) is 0 Å². The topological polar surface area (TPSA) is 64.1 Å². The van der Waals surface area contributed by atoms with E-state index < -0.39 is 6.10 Å². The minimum atomic E-state index is -0.623. The average molecular weight is 155 g/mol. The summed E-state index contributed by atoms with van der Waals surface area (Å²) in [5.41, 5.74) is 6.25. The van der Waals surface area contributed by atoms with Gasteiger partial charge in [-0.15, -0.1) is 0 Å². The first-order valence-electron chi connectivity index (χ1n) is 3.52. The molecule has 0 aliphatic heterocycles. The predicted molar refractivity (Wildman–Crippen MR) is 41.8 cm³/mol. The zero-order valence-corrected chi connectivity index (χ0v) is 6.73. The number of aliphatic hydroxyl groups is 1. The van der Waals surface area contributed by atoms with Crippen molar-refractivity contribution in [1.29, 1.82) is 0 Å². The molecule has 4 heteroatoms. The highest BCUT2D eigenvalue weighted by atomic mass is 16.3. The van der Waals surface area contributed by atoms with Crippen molar-refractivity contribution in [2.24, 2.45) is 12.8 Å². The third-order valence-electron chi connectivity index (χ3n) is 1.66. The van der Waals surface area contributed by atoms with Gasteiger partial charge in [0.2, 0.25) is 0 Å². The minimum Gasteiger partial charge on any atom is -0.385 e. The molecule has 3 N–H and O–H groups in total. The van der Waals surface area contributed by atoms with Gasteiger partial charge in [0.1, 0.15) is 6.10 Å². The number of aromatic nitrogens is 2. The van der Waals surface area contributed by atoms with Crippen molar-refractivity contribution < 1.29 is 5.11 Å². The summed E-state index contributed by atoms with van der Waals surface area (Å²) >= 11 is 0. The minimum absolute atomic E-state index is 0.259. The lowest BCUT2D eigenvalue weighted by Gasteiger charge is -2.14. The first-order chi connectivity index (χ1) is 5.13. The maximum absolute atomic E-state index is 9.48. The van der Waals surface area contributed by atoms with E-state index in [-0.39, 0.29) is 6.04 Å². The van der Waals surface area contributed by atoms with Gasteiger partial charge in [0, 0.05) is 13.1 Å². The van der Waals surface area contributed by atoms with E-state index in [2.05, 4.69) is 4.98 Å². The Kier molecular flexibility index (Phi) is 2.26. The van der Waals surface area contributed by atoms with Crippen LogP contribution in [0.25, 0.3) is 0 Å². The molecule has 0 fully saturated rings. The van der Waals surface area contributed by atoms with Gasteiger partial charge in [0.05, 0.1) is 18.2 Å². The van der Waals surface area contributed by atoms with E-state index in [1.54, 1.807) is 24.0 Å². The van der Waals surface area contributed by atoms with E-state index in [1.165, 1.54) is 0 Å². The highest BCUT2D eigenvalue weighted by molar-refractivity contribution is 5.03. The molecule has 1 rings (SSSR count). The Labute approximate surface area is 65.7 Å². The van der Waals surface area contributed by atoms with Crippen LogP contribution < -0.4 is 5.73 Å². The normalized spacial score (nSPS) is 16.4. The van der Waals surface area contributed by atoms with Crippen molar-refractivity contribution in [2.75, 3.05) is 0 Å². The SMILES string of the molecule is C[C@H](N)[C@H](O)c1cncn1C. The van der Waals surface area contributed by atoms with Crippen LogP contribution in [0.15, 0.2) is 12.5 Å². The van der Waals surface area contributed by atoms with E-state index in [0.29, 0.717) is 0 Å². The average Bonchev–Trinajstić information content (AvgIpc) is 2.33. The molecule has 0 bridgehead atoms. The number of nitrogens with zero attached hydrogens (tertiary/aromatic N) is 2. The maximum atomic E-state index is 9.48. The second-order valence-electron chi connectivity index (χ2n) is 2.73. The number of aliphatic hydroxyl groups excluding tert-OH is 1. The summed E-state index contributed by atoms with van der Waals surface area (Å²) in [7, 11) is 1.83. The third kappa shape index (κ3) is 1.58. The second-order valence-corrected chi connectivity index (χ2v) is 2.73. The predicted octanol–water partition coefficient (Wildman–Crippen LogP) is -0.199. The zero-order chi connectivity index (χ0) is 8.43. The van der Waals surface area contributed by atoms with Gasteiger partial charge in [-0.05, 0) is 6.92 Å². The maximum Gasteiger partial charge on any atom is 0.110 e. The Morgan fingerprint density at radius 2 is 2.36 bits per heavy atom. The van der Waals surface area contributed by atoms with E-state index in [1.807, 2.05) is 7.05 Å². The van der Waals surface area contributed by atoms with Gasteiger partial charge in [-0.1, -0.05) is 0 Å². The molecule has 62 valence electrons. The zero-order valence-electron chi connectivity index (χ0n) is 6.73. The van der Waals surface area contributed by atoms with Crippen LogP contribution >= 0.6 is 0 Å². The molecule has 1 aromatic heterocycles. The fraction of sp³-hybridized carbons (Fsp3) is 0.571. The van der Waals surface area contributed by atoms with Gasteiger partial charge in [-0.25, -0.2) is 4.98 Å². The molecule has 2 atom stereocenters. The van der Waals surface area contributed by atoms with Crippen molar-refractivity contribution in [3.05, 3.63) is 18.2 Å². The summed E-state index contributed by atoms with van der Waals surface area (Å²) < 4.78 is 1.76. The summed E-state index contributed by atoms with van der Waals surface area (Å²) in [6, 6.07) is -0.259. The second kappa shape index (κ2) is 3.02. The number of aryl methyl sites for hydroxylation is 1. The fourth-order valence-corrected chi connectivity index (χ4v) is 0.922. The van der Waals surface area contributed by atoms with Crippen molar-refractivity contribution in [3.8, 4) is 0 Å². The first-order valence-corrected chi connectivity index (χ1v) is 3.52. The van der Waals surface area contributed by atoms with Gasteiger partial charge >= 0.3 is 0 Å². The van der Waals surface area contributed by atoms with Gasteiger partial charge in [0.25, 0.3) is 0 Å². The van der Waals surface area contributed by atoms with E-state index in [0.717, 1.165) is 5.69 Å². The van der Waals surface area contributed by atoms with E-state index in [4.69, 9.17) is 5.73 Å². The van der Waals surface area contributed by atoms with Crippen LogP contribution in [0.2, 0.25) is 0 Å². The Morgan fingerprint density at radius 3 is 2.73 bits per heavy atom. The summed E-state index contributed by atoms with van der Waals surface area (Å²) in [6.07, 6.45) is 2.64. The van der Waals surface area contributed by atoms with Crippen LogP contribution in [-0.4, -0.2) is 20.7 Å². The van der Waals surface area contributed by atoms with Crippen LogP contribution in [0.5, 0.6) is 0 Å². The number of nitrogens with two attached hydrogens (primary N) is 1. The Balaban J connectivity index is 2.84. The Bertz CT molecular complexity index is 231. The Morgan fingerprint density at radius 1 is 1.73 bits per heavy atom. The largest absolute Gasteiger partial charge is 0.385 e. The summed E-state index contributed by atoms with van der Waals surface area (Å²) in [6.45, 7) is 1.76. The number of hydrogen-bond donors (Lipinski definition) is 2. The number of hydrogen-bond acceptors (Lipinski definition) is 3. The molecule has 0 unspecified atom stereocenters. The van der Waals surface area contributed by atoms with E-state index >= 15 is 0 Å². The molecule has 1 heterocycles. The van der Waals surface area contributed by atoms with Gasteiger partial charge in [-0.2, -0.15) is 0 Å². The molecule has 0 aliphatic carbocycles. The highest BCUT2D eigenvalue weighted by Gasteiger charge is 2.14. The smallest absolute Gasteiger partial charge is 0.110 e. The molecule has 0 amide bonds. The molecule has 0 aromatic carbocycles. The standard InChI is InChI=1S/C7H13N3O/c1-5(8)7(11)6-3-9-4-10(6)2/h3-5,7,11H,8H2,1-2H3/t5-,7-/m0/s1. The number of rotatable bonds is 2. The molecule has 0 aliphatic rings. The molecule has 11 heavy (non-hydrogen) atoms. The monoisotopic (exact) mass is 155 g/mol. The lowest BCUT2D eigenvalue weighted by atomic mass is 10.1. The van der Waals surface area contributed by atoms with Crippen LogP contribution in [-0.2, 0) is 7.05 Å².